The molecule has 322 valence electrons. The monoisotopic (exact) mass is 938 g/mol. The maximum Gasteiger partial charge on any atom is 0.130 e. The van der Waals surface area contributed by atoms with Gasteiger partial charge >= 0.3 is 0 Å². The summed E-state index contributed by atoms with van der Waals surface area (Å²) in [6, 6.07) is 32.2. The summed E-state index contributed by atoms with van der Waals surface area (Å²) in [6.07, 6.45) is 18.3. The van der Waals surface area contributed by atoms with Crippen LogP contribution in [0.4, 0.5) is 0 Å². The van der Waals surface area contributed by atoms with Crippen LogP contribution in [0.1, 0.15) is 102 Å². The summed E-state index contributed by atoms with van der Waals surface area (Å²) in [5, 5.41) is 46.2. The van der Waals surface area contributed by atoms with Gasteiger partial charge in [0.05, 0.1) is 23.5 Å². The second-order valence-corrected chi connectivity index (χ2v) is 24.4. The minimum Gasteiger partial charge on any atom is -0.192 e. The molecule has 13 heteroatoms. The molecule has 8 aromatic rings. The summed E-state index contributed by atoms with van der Waals surface area (Å²) < 4.78 is 19.5. The maximum absolute atomic E-state index is 9.77. The van der Waals surface area contributed by atoms with Crippen molar-refractivity contribution in [2.45, 2.75) is 103 Å². The molecule has 0 N–H and O–H groups in total. The summed E-state index contributed by atoms with van der Waals surface area (Å²) >= 11 is 6.10. The number of allylic oxidation sites excluding steroid dienone is 2. The summed E-state index contributed by atoms with van der Waals surface area (Å²) in [6.45, 7) is 4.56. The summed E-state index contributed by atoms with van der Waals surface area (Å²) in [5.41, 5.74) is 6.74. The van der Waals surface area contributed by atoms with E-state index < -0.39 is 8.07 Å². The molecule has 4 aromatic heterocycles. The third kappa shape index (κ3) is 8.11. The van der Waals surface area contributed by atoms with Gasteiger partial charge in [-0.1, -0.05) is 139 Å². The molecule has 0 spiro atoms. The fraction of sp³-hybridized carbons (Fsp3) is 0.308. The number of hydrogen-bond donors (Lipinski definition) is 0. The van der Waals surface area contributed by atoms with Crippen molar-refractivity contribution in [1.29, 1.82) is 21.0 Å². The molecule has 0 aliphatic carbocycles. The first kappa shape index (κ1) is 44.3. The number of nitriles is 4. The third-order valence-electron chi connectivity index (χ3n) is 13.1. The zero-order chi connectivity index (χ0) is 44.9. The highest BCUT2D eigenvalue weighted by atomic mass is 32.1. The Morgan fingerprint density at radius 1 is 0.508 bits per heavy atom. The normalized spacial score (nSPS) is 12.5. The van der Waals surface area contributed by atoms with Crippen LogP contribution < -0.4 is 10.4 Å². The molecule has 9 rings (SSSR count). The topological polar surface area (TPSA) is 147 Å². The van der Waals surface area contributed by atoms with E-state index >= 15 is 0 Å². The van der Waals surface area contributed by atoms with Crippen molar-refractivity contribution in [3.63, 3.8) is 0 Å². The highest BCUT2D eigenvalue weighted by molar-refractivity contribution is 7.31. The Morgan fingerprint density at radius 3 is 1.28 bits per heavy atom. The van der Waals surface area contributed by atoms with Crippen LogP contribution in [0.15, 0.2) is 71.8 Å². The van der Waals surface area contributed by atoms with Crippen molar-refractivity contribution >= 4 is 120 Å². The molecule has 1 aliphatic rings. The predicted molar refractivity (Wildman–Crippen MR) is 275 cm³/mol. The molecule has 0 unspecified atom stereocenters. The van der Waals surface area contributed by atoms with Crippen LogP contribution in [0.3, 0.4) is 0 Å². The third-order valence-corrected chi connectivity index (χ3v) is 22.3. The van der Waals surface area contributed by atoms with E-state index in [2.05, 4.69) is 86.7 Å². The van der Waals surface area contributed by atoms with E-state index in [4.69, 9.17) is 17.5 Å². The van der Waals surface area contributed by atoms with Crippen molar-refractivity contribution in [2.24, 2.45) is 0 Å². The van der Waals surface area contributed by atoms with Gasteiger partial charge in [-0.3, -0.25) is 0 Å². The number of rotatable bonds is 18. The Bertz CT molecular complexity index is 3080. The van der Waals surface area contributed by atoms with Crippen LogP contribution >= 0.6 is 46.1 Å². The van der Waals surface area contributed by atoms with Crippen LogP contribution in [0.2, 0.25) is 12.1 Å². The van der Waals surface area contributed by atoms with E-state index in [0.29, 0.717) is 11.0 Å². The van der Waals surface area contributed by atoms with Crippen LogP contribution in [0, 0.1) is 45.3 Å². The van der Waals surface area contributed by atoms with Crippen molar-refractivity contribution < 1.29 is 0 Å². The number of aromatic nitrogens is 4. The van der Waals surface area contributed by atoms with E-state index in [0.717, 1.165) is 54.8 Å². The lowest BCUT2D eigenvalue weighted by Crippen LogP contribution is -2.54. The molecular formula is C52H46N8S4Si. The van der Waals surface area contributed by atoms with E-state index in [-0.39, 0.29) is 11.1 Å². The number of nitrogens with zero attached hydrogens (tertiary/aromatic N) is 8. The van der Waals surface area contributed by atoms with E-state index in [1.165, 1.54) is 132 Å². The summed E-state index contributed by atoms with van der Waals surface area (Å²) in [4.78, 5) is 5.11. The quantitative estimate of drug-likeness (QED) is 0.0469. The van der Waals surface area contributed by atoms with Gasteiger partial charge in [-0.05, 0) is 68.3 Å². The second kappa shape index (κ2) is 19.7. The van der Waals surface area contributed by atoms with Gasteiger partial charge in [0.25, 0.3) is 0 Å². The number of fused-ring (bicyclic) bond motifs is 7. The predicted octanol–water partition coefficient (Wildman–Crippen LogP) is 14.6. The summed E-state index contributed by atoms with van der Waals surface area (Å²) in [5.74, 6) is 0. The molecule has 0 atom stereocenters. The van der Waals surface area contributed by atoms with Crippen molar-refractivity contribution in [1.82, 2.24) is 17.5 Å². The Balaban J connectivity index is 1.27. The molecule has 0 bridgehead atoms. The molecule has 0 amide bonds. The fourth-order valence-corrected chi connectivity index (χ4v) is 20.7. The van der Waals surface area contributed by atoms with E-state index in [1.807, 2.05) is 34.8 Å². The SMILES string of the molecule is CCCCCCCC[Si]1(CCCCCCCC)c2cc(-c3c4ccccc4c(C=C(C#N)C#N)c4nsnc34)sc2-c2sc(-c3c4ccccc4c(C=C(C#N)C#N)c4nsnc34)cc21. The van der Waals surface area contributed by atoms with Gasteiger partial charge in [-0.25, -0.2) is 0 Å². The second-order valence-electron chi connectivity index (χ2n) is 17.0. The van der Waals surface area contributed by atoms with Crippen LogP contribution in [0.5, 0.6) is 0 Å². The summed E-state index contributed by atoms with van der Waals surface area (Å²) in [7, 11) is -2.37. The maximum atomic E-state index is 9.77. The number of benzene rings is 4. The smallest absolute Gasteiger partial charge is 0.130 e. The van der Waals surface area contributed by atoms with Crippen LogP contribution in [-0.4, -0.2) is 25.6 Å². The Labute approximate surface area is 397 Å². The van der Waals surface area contributed by atoms with Gasteiger partial charge in [0, 0.05) is 41.8 Å². The lowest BCUT2D eigenvalue weighted by Gasteiger charge is -2.29. The Morgan fingerprint density at radius 2 is 0.877 bits per heavy atom. The van der Waals surface area contributed by atoms with Crippen LogP contribution in [-0.2, 0) is 0 Å². The molecule has 0 radical (unpaired) electrons. The number of unbranched alkanes of at least 4 members (excludes halogenated alkanes) is 10. The number of thiophene rings is 2. The fourth-order valence-electron chi connectivity index (χ4n) is 10.00. The largest absolute Gasteiger partial charge is 0.192 e. The molecule has 5 heterocycles. The molecule has 8 nitrogen and oxygen atoms in total. The molecule has 4 aromatic carbocycles. The molecule has 0 fully saturated rings. The lowest BCUT2D eigenvalue weighted by molar-refractivity contribution is 0.616. The average molecular weight is 939 g/mol. The van der Waals surface area contributed by atoms with E-state index in [9.17, 15) is 21.0 Å². The Hall–Kier alpha value is -5.90. The van der Waals surface area contributed by atoms with Gasteiger partial charge in [-0.2, -0.15) is 38.5 Å². The first-order valence-corrected chi connectivity index (χ1v) is 28.2. The molecule has 0 saturated heterocycles. The zero-order valence-electron chi connectivity index (χ0n) is 36.5. The van der Waals surface area contributed by atoms with Crippen molar-refractivity contribution in [3.8, 4) is 54.9 Å². The highest BCUT2D eigenvalue weighted by Crippen LogP contribution is 2.51. The van der Waals surface area contributed by atoms with Gasteiger partial charge in [0.15, 0.2) is 0 Å². The van der Waals surface area contributed by atoms with Gasteiger partial charge < -0.3 is 0 Å². The first-order chi connectivity index (χ1) is 32.0. The average Bonchev–Trinajstić information content (AvgIpc) is 4.20. The minimum atomic E-state index is -2.37. The van der Waals surface area contributed by atoms with Gasteiger partial charge in [0.1, 0.15) is 65.6 Å². The molecule has 0 saturated carbocycles. The van der Waals surface area contributed by atoms with E-state index in [1.54, 1.807) is 22.5 Å². The number of hydrogen-bond acceptors (Lipinski definition) is 12. The van der Waals surface area contributed by atoms with Gasteiger partial charge in [0.2, 0.25) is 0 Å². The standard InChI is InChI=1S/C52H46N8S4Si/c1-3-5-7-9-11-17-23-65(24-18-12-10-8-6-4-2)43-27-41(45-37-21-15-13-19-35(37)39(25-33(29-53)30-54)47-49(45)59-63-57-47)61-51(43)52-44(65)28-42(62-52)46-38-22-16-14-20-36(38)40(26-34(31-55)32-56)48-50(46)60-64-58-48/h13-16,19-22,25-28H,3-12,17-18,23-24H2,1-2H3. The molecule has 65 heavy (non-hydrogen) atoms. The van der Waals surface area contributed by atoms with Crippen molar-refractivity contribution in [2.75, 3.05) is 0 Å². The Kier molecular flexibility index (Phi) is 13.4. The first-order valence-electron chi connectivity index (χ1n) is 22.7. The minimum absolute atomic E-state index is 0.0344. The zero-order valence-corrected chi connectivity index (χ0v) is 40.8. The van der Waals surface area contributed by atoms with Gasteiger partial charge in [-0.15, -0.1) is 22.7 Å². The highest BCUT2D eigenvalue weighted by Gasteiger charge is 2.48. The molecule has 1 aliphatic heterocycles. The van der Waals surface area contributed by atoms with Crippen LogP contribution in [0.25, 0.3) is 86.4 Å². The lowest BCUT2D eigenvalue weighted by atomic mass is 9.95. The molecular weight excluding hydrogens is 893 g/mol. The van der Waals surface area contributed by atoms with Crippen molar-refractivity contribution in [3.05, 3.63) is 82.9 Å².